The van der Waals surface area contributed by atoms with E-state index in [-0.39, 0.29) is 5.88 Å². The minimum absolute atomic E-state index is 0.000694. The Bertz CT molecular complexity index is 487. The van der Waals surface area contributed by atoms with Crippen LogP contribution in [0.1, 0.15) is 20.8 Å². The number of ether oxygens (including phenoxy) is 1. The number of rotatable bonds is 1. The molecule has 0 fully saturated rings. The number of aromatic amines is 1. The Kier molecular flexibility index (Phi) is 2.10. The first-order chi connectivity index (χ1) is 6.96. The zero-order valence-corrected chi connectivity index (χ0v) is 8.84. The van der Waals surface area contributed by atoms with Gasteiger partial charge >= 0.3 is 0 Å². The van der Waals surface area contributed by atoms with Crippen molar-refractivity contribution in [2.75, 3.05) is 0 Å². The van der Waals surface area contributed by atoms with Gasteiger partial charge < -0.3 is 4.74 Å². The summed E-state index contributed by atoms with van der Waals surface area (Å²) in [6.45, 7) is 5.52. The van der Waals surface area contributed by atoms with Crippen LogP contribution in [0.4, 0.5) is 4.39 Å². The molecule has 80 valence electrons. The molecule has 0 aliphatic heterocycles. The van der Waals surface area contributed by atoms with Crippen molar-refractivity contribution in [2.45, 2.75) is 26.4 Å². The molecule has 0 unspecified atom stereocenters. The first-order valence-corrected chi connectivity index (χ1v) is 4.64. The van der Waals surface area contributed by atoms with E-state index in [1.165, 1.54) is 12.3 Å². The Morgan fingerprint density at radius 3 is 2.80 bits per heavy atom. The van der Waals surface area contributed by atoms with Crippen molar-refractivity contribution in [1.29, 1.82) is 0 Å². The van der Waals surface area contributed by atoms with Gasteiger partial charge in [0, 0.05) is 5.39 Å². The van der Waals surface area contributed by atoms with Gasteiger partial charge in [0.1, 0.15) is 5.60 Å². The SMILES string of the molecule is CC(C)(C)Oc1nc2[nH]ncc2cc1F. The van der Waals surface area contributed by atoms with E-state index in [4.69, 9.17) is 4.74 Å². The van der Waals surface area contributed by atoms with Crippen molar-refractivity contribution in [1.82, 2.24) is 15.2 Å². The smallest absolute Gasteiger partial charge is 0.253 e. The third kappa shape index (κ3) is 2.06. The number of halogens is 1. The predicted molar refractivity (Wildman–Crippen MR) is 54.2 cm³/mol. The van der Waals surface area contributed by atoms with E-state index in [0.717, 1.165) is 0 Å². The monoisotopic (exact) mass is 209 g/mol. The summed E-state index contributed by atoms with van der Waals surface area (Å²) in [7, 11) is 0. The quantitative estimate of drug-likeness (QED) is 0.783. The van der Waals surface area contributed by atoms with E-state index >= 15 is 0 Å². The number of nitrogens with zero attached hydrogens (tertiary/aromatic N) is 2. The lowest BCUT2D eigenvalue weighted by molar-refractivity contribution is 0.117. The van der Waals surface area contributed by atoms with E-state index in [1.807, 2.05) is 20.8 Å². The third-order valence-corrected chi connectivity index (χ3v) is 1.75. The van der Waals surface area contributed by atoms with E-state index in [9.17, 15) is 4.39 Å². The normalized spacial score (nSPS) is 12.0. The third-order valence-electron chi connectivity index (χ3n) is 1.75. The van der Waals surface area contributed by atoms with Gasteiger partial charge in [-0.2, -0.15) is 10.1 Å². The average Bonchev–Trinajstić information content (AvgIpc) is 2.49. The molecule has 5 heteroatoms. The van der Waals surface area contributed by atoms with Crippen molar-refractivity contribution in [3.8, 4) is 5.88 Å². The van der Waals surface area contributed by atoms with Crippen LogP contribution in [0, 0.1) is 5.82 Å². The highest BCUT2D eigenvalue weighted by Crippen LogP contribution is 2.22. The Labute approximate surface area is 86.5 Å². The van der Waals surface area contributed by atoms with Gasteiger partial charge in [-0.15, -0.1) is 0 Å². The summed E-state index contributed by atoms with van der Waals surface area (Å²) in [4.78, 5) is 4.00. The second-order valence-electron chi connectivity index (χ2n) is 4.30. The Hall–Kier alpha value is -1.65. The van der Waals surface area contributed by atoms with E-state index in [2.05, 4.69) is 15.2 Å². The standard InChI is InChI=1S/C10H12FN3O/c1-10(2,3)15-9-7(11)4-6-5-12-14-8(6)13-9/h4-5H,1-3H3,(H,12,13,14). The molecule has 4 nitrogen and oxygen atoms in total. The van der Waals surface area contributed by atoms with E-state index < -0.39 is 11.4 Å². The fraction of sp³-hybridized carbons (Fsp3) is 0.400. The zero-order valence-electron chi connectivity index (χ0n) is 8.84. The highest BCUT2D eigenvalue weighted by molar-refractivity contribution is 5.74. The summed E-state index contributed by atoms with van der Waals surface area (Å²) in [6.07, 6.45) is 1.52. The molecular weight excluding hydrogens is 197 g/mol. The second-order valence-corrected chi connectivity index (χ2v) is 4.30. The zero-order chi connectivity index (χ0) is 11.1. The van der Waals surface area contributed by atoms with Crippen LogP contribution >= 0.6 is 0 Å². The fourth-order valence-corrected chi connectivity index (χ4v) is 1.20. The molecule has 0 atom stereocenters. The lowest BCUT2D eigenvalue weighted by Gasteiger charge is -2.20. The molecule has 0 radical (unpaired) electrons. The molecule has 2 heterocycles. The van der Waals surface area contributed by atoms with E-state index in [1.54, 1.807) is 0 Å². The molecule has 0 aromatic carbocycles. The maximum Gasteiger partial charge on any atom is 0.253 e. The van der Waals surface area contributed by atoms with Crippen LogP contribution in [0.25, 0.3) is 11.0 Å². The lowest BCUT2D eigenvalue weighted by atomic mass is 10.2. The van der Waals surface area contributed by atoms with Gasteiger partial charge in [0.15, 0.2) is 11.5 Å². The van der Waals surface area contributed by atoms with Gasteiger partial charge in [-0.05, 0) is 26.8 Å². The summed E-state index contributed by atoms with van der Waals surface area (Å²) in [6, 6.07) is 1.35. The van der Waals surface area contributed by atoms with Crippen LogP contribution in [0.15, 0.2) is 12.3 Å². The van der Waals surface area contributed by atoms with Crippen LogP contribution < -0.4 is 4.74 Å². The van der Waals surface area contributed by atoms with Gasteiger partial charge in [0.2, 0.25) is 0 Å². The average molecular weight is 209 g/mol. The molecule has 15 heavy (non-hydrogen) atoms. The molecule has 0 saturated carbocycles. The van der Waals surface area contributed by atoms with E-state index in [0.29, 0.717) is 11.0 Å². The summed E-state index contributed by atoms with van der Waals surface area (Å²) in [5.41, 5.74) is 0.0531. The molecule has 0 spiro atoms. The molecule has 0 aliphatic rings. The largest absolute Gasteiger partial charge is 0.470 e. The van der Waals surface area contributed by atoms with Crippen LogP contribution in [0.5, 0.6) is 5.88 Å². The number of H-pyrrole nitrogens is 1. The number of aromatic nitrogens is 3. The molecule has 0 saturated heterocycles. The molecule has 0 bridgehead atoms. The summed E-state index contributed by atoms with van der Waals surface area (Å²) >= 11 is 0. The Morgan fingerprint density at radius 2 is 2.13 bits per heavy atom. The topological polar surface area (TPSA) is 50.8 Å². The Balaban J connectivity index is 2.46. The molecule has 1 N–H and O–H groups in total. The van der Waals surface area contributed by atoms with Crippen molar-refractivity contribution in [3.05, 3.63) is 18.1 Å². The first kappa shape index (κ1) is 9.89. The second kappa shape index (κ2) is 3.18. The van der Waals surface area contributed by atoms with Gasteiger partial charge in [0.05, 0.1) is 6.20 Å². The molecule has 0 aliphatic carbocycles. The van der Waals surface area contributed by atoms with Crippen molar-refractivity contribution in [2.24, 2.45) is 0 Å². The summed E-state index contributed by atoms with van der Waals surface area (Å²) in [5.74, 6) is -0.474. The number of hydrogen-bond acceptors (Lipinski definition) is 3. The molecule has 2 aromatic heterocycles. The minimum atomic E-state index is -0.473. The number of fused-ring (bicyclic) bond motifs is 1. The summed E-state index contributed by atoms with van der Waals surface area (Å²) < 4.78 is 18.9. The van der Waals surface area contributed by atoms with Crippen molar-refractivity contribution < 1.29 is 9.13 Å². The van der Waals surface area contributed by atoms with Gasteiger partial charge in [0.25, 0.3) is 5.88 Å². The van der Waals surface area contributed by atoms with Crippen molar-refractivity contribution >= 4 is 11.0 Å². The van der Waals surface area contributed by atoms with Crippen LogP contribution in [0.3, 0.4) is 0 Å². The number of hydrogen-bond donors (Lipinski definition) is 1. The molecule has 0 amide bonds. The first-order valence-electron chi connectivity index (χ1n) is 4.64. The maximum atomic E-state index is 13.5. The predicted octanol–water partition coefficient (Wildman–Crippen LogP) is 2.27. The summed E-state index contributed by atoms with van der Waals surface area (Å²) in [5, 5.41) is 7.07. The fourth-order valence-electron chi connectivity index (χ4n) is 1.20. The van der Waals surface area contributed by atoms with Crippen LogP contribution in [-0.2, 0) is 0 Å². The van der Waals surface area contributed by atoms with Gasteiger partial charge in [-0.1, -0.05) is 0 Å². The highest BCUT2D eigenvalue weighted by Gasteiger charge is 2.17. The van der Waals surface area contributed by atoms with Crippen LogP contribution in [0.2, 0.25) is 0 Å². The number of nitrogens with one attached hydrogen (secondary N) is 1. The van der Waals surface area contributed by atoms with Crippen LogP contribution in [-0.4, -0.2) is 20.8 Å². The van der Waals surface area contributed by atoms with Gasteiger partial charge in [-0.25, -0.2) is 4.39 Å². The van der Waals surface area contributed by atoms with Crippen molar-refractivity contribution in [3.63, 3.8) is 0 Å². The highest BCUT2D eigenvalue weighted by atomic mass is 19.1. The van der Waals surface area contributed by atoms with Gasteiger partial charge in [-0.3, -0.25) is 5.10 Å². The Morgan fingerprint density at radius 1 is 1.40 bits per heavy atom. The number of pyridine rings is 1. The molecule has 2 aromatic rings. The molecular formula is C10H12FN3O. The maximum absolute atomic E-state index is 13.5. The molecule has 2 rings (SSSR count). The minimum Gasteiger partial charge on any atom is -0.470 e. The lowest BCUT2D eigenvalue weighted by Crippen LogP contribution is -2.24.